The van der Waals surface area contributed by atoms with Crippen molar-refractivity contribution in [3.05, 3.63) is 138 Å². The van der Waals surface area contributed by atoms with Crippen molar-refractivity contribution in [2.45, 2.75) is 55.4 Å². The van der Waals surface area contributed by atoms with Gasteiger partial charge < -0.3 is 14.7 Å². The van der Waals surface area contributed by atoms with Gasteiger partial charge in [0.15, 0.2) is 5.71 Å². The molecule has 0 atom stereocenters. The van der Waals surface area contributed by atoms with Gasteiger partial charge in [0.05, 0.1) is 0 Å². The molecule has 0 amide bonds. The zero-order chi connectivity index (χ0) is 39.7. The fourth-order valence-electron chi connectivity index (χ4n) is 6.72. The Morgan fingerprint density at radius 3 is 1.17 bits per heavy atom. The summed E-state index contributed by atoms with van der Waals surface area (Å²) in [5.41, 5.74) is 12.3. The standard InChI is InChI=1S/C45H59N4.ClHO4/c1-9-46(10-2)40-28-20-36(21-29-40)44(37-22-30-41(31-23-37)47(11-3)12-4)18-17-19-45(38-24-32-42(33-25-38)48(13-5)14-6)39-26-34-43(35-27-39)49(15-7)16-8;2-1(3,4)5/h17-35H,9-16H2,1-8H3;(H,2,3,4,5)/q+1;/p-1. The summed E-state index contributed by atoms with van der Waals surface area (Å²) in [4.78, 5) is 7.18. The Balaban J connectivity index is 0.00000147. The third-order valence-electron chi connectivity index (χ3n) is 9.75. The van der Waals surface area contributed by atoms with Crippen molar-refractivity contribution in [1.29, 1.82) is 0 Å². The smallest absolute Gasteiger partial charge is 0.199 e. The van der Waals surface area contributed by atoms with E-state index >= 15 is 0 Å². The second kappa shape index (κ2) is 22.1. The molecule has 0 saturated carbocycles. The Hall–Kier alpha value is -4.44. The first kappa shape index (κ1) is 44.0. The van der Waals surface area contributed by atoms with E-state index in [0.717, 1.165) is 52.4 Å². The van der Waals surface area contributed by atoms with Crippen molar-refractivity contribution in [1.82, 2.24) is 0 Å². The lowest BCUT2D eigenvalue weighted by molar-refractivity contribution is -2.00. The van der Waals surface area contributed by atoms with Crippen LogP contribution in [0.3, 0.4) is 0 Å². The normalized spacial score (nSPS) is 12.4. The van der Waals surface area contributed by atoms with Crippen molar-refractivity contribution in [2.75, 3.05) is 67.1 Å². The predicted octanol–water partition coefficient (Wildman–Crippen LogP) is 5.53. The number of rotatable bonds is 16. The summed E-state index contributed by atoms with van der Waals surface area (Å²) in [6.45, 7) is 25.7. The molecule has 0 saturated heterocycles. The molecule has 0 aromatic heterocycles. The Morgan fingerprint density at radius 1 is 0.519 bits per heavy atom. The van der Waals surface area contributed by atoms with Crippen LogP contribution in [-0.2, 0) is 0 Å². The number of benzene rings is 3. The first-order valence-corrected chi connectivity index (χ1v) is 20.5. The predicted molar refractivity (Wildman–Crippen MR) is 218 cm³/mol. The van der Waals surface area contributed by atoms with Gasteiger partial charge in [0.1, 0.15) is 13.1 Å². The summed E-state index contributed by atoms with van der Waals surface area (Å²) in [5.74, 6) is 0. The van der Waals surface area contributed by atoms with E-state index in [1.54, 1.807) is 0 Å². The molecular weight excluding hydrogens is 696 g/mol. The highest BCUT2D eigenvalue weighted by Crippen LogP contribution is 2.30. The van der Waals surface area contributed by atoms with Crippen LogP contribution in [0.5, 0.6) is 0 Å². The molecule has 1 aliphatic rings. The minimum Gasteiger partial charge on any atom is -0.372 e. The average Bonchev–Trinajstić information content (AvgIpc) is 3.18. The molecule has 0 heterocycles. The summed E-state index contributed by atoms with van der Waals surface area (Å²) >= 11 is 0. The zero-order valence-electron chi connectivity index (χ0n) is 33.4. The van der Waals surface area contributed by atoms with E-state index in [-0.39, 0.29) is 0 Å². The van der Waals surface area contributed by atoms with E-state index in [4.69, 9.17) is 18.6 Å². The lowest BCUT2D eigenvalue weighted by Crippen LogP contribution is -2.68. The zero-order valence-corrected chi connectivity index (χ0v) is 34.2. The monoisotopic (exact) mass is 754 g/mol. The van der Waals surface area contributed by atoms with E-state index in [1.807, 2.05) is 0 Å². The SMILES string of the molecule is CCN(CC)c1ccc(C(=C/C=C/C(=C2C=CC(=[N+](CC)CC)C=C2)c2ccc(N(CC)CC)cc2)c2ccc(N(CC)CC)cc2)cc1.[O-][Cl+3]([O-])([O-])[O-]. The first-order valence-electron chi connectivity index (χ1n) is 19.2. The van der Waals surface area contributed by atoms with Crippen molar-refractivity contribution in [3.63, 3.8) is 0 Å². The molecule has 4 rings (SSSR count). The highest BCUT2D eigenvalue weighted by molar-refractivity contribution is 6.03. The lowest BCUT2D eigenvalue weighted by atomic mass is 9.94. The van der Waals surface area contributed by atoms with Crippen LogP contribution in [-0.4, -0.2) is 62.6 Å². The van der Waals surface area contributed by atoms with Gasteiger partial charge in [0, 0.05) is 68.5 Å². The van der Waals surface area contributed by atoms with Gasteiger partial charge >= 0.3 is 0 Å². The average molecular weight is 755 g/mol. The minimum atomic E-state index is -4.94. The van der Waals surface area contributed by atoms with Gasteiger partial charge in [-0.25, -0.2) is 23.2 Å². The van der Waals surface area contributed by atoms with Crippen LogP contribution in [0.15, 0.2) is 121 Å². The van der Waals surface area contributed by atoms with Gasteiger partial charge in [-0.1, -0.05) is 54.6 Å². The number of hydrogen-bond donors (Lipinski definition) is 0. The number of nitrogens with zero attached hydrogens (tertiary/aromatic N) is 4. The van der Waals surface area contributed by atoms with Crippen LogP contribution in [0.1, 0.15) is 72.1 Å². The number of allylic oxidation sites excluding steroid dienone is 9. The lowest BCUT2D eigenvalue weighted by Gasteiger charge is -2.22. The van der Waals surface area contributed by atoms with E-state index < -0.39 is 10.2 Å². The van der Waals surface area contributed by atoms with Crippen molar-refractivity contribution < 1.29 is 33.5 Å². The fraction of sp³-hybridized carbons (Fsp3) is 0.356. The second-order valence-corrected chi connectivity index (χ2v) is 13.4. The molecule has 8 nitrogen and oxygen atoms in total. The molecule has 3 aromatic carbocycles. The maximum atomic E-state index is 8.49. The van der Waals surface area contributed by atoms with Gasteiger partial charge in [-0.3, -0.25) is 0 Å². The largest absolute Gasteiger partial charge is 0.372 e. The third-order valence-corrected chi connectivity index (χ3v) is 9.75. The van der Waals surface area contributed by atoms with Crippen molar-refractivity contribution in [2.24, 2.45) is 0 Å². The van der Waals surface area contributed by atoms with Gasteiger partial charge in [-0.2, -0.15) is 0 Å². The van der Waals surface area contributed by atoms with Crippen LogP contribution < -0.4 is 33.3 Å². The van der Waals surface area contributed by atoms with Gasteiger partial charge in [0.25, 0.3) is 0 Å². The molecule has 1 aliphatic carbocycles. The fourth-order valence-corrected chi connectivity index (χ4v) is 6.72. The van der Waals surface area contributed by atoms with Crippen molar-refractivity contribution >= 4 is 33.9 Å². The van der Waals surface area contributed by atoms with Crippen LogP contribution in [0.25, 0.3) is 11.1 Å². The summed E-state index contributed by atoms with van der Waals surface area (Å²) in [6, 6.07) is 27.2. The first-order chi connectivity index (χ1) is 25.9. The van der Waals surface area contributed by atoms with E-state index in [2.05, 4.69) is 190 Å². The molecule has 290 valence electrons. The van der Waals surface area contributed by atoms with E-state index in [1.165, 1.54) is 56.2 Å². The van der Waals surface area contributed by atoms with Gasteiger partial charge in [-0.05, 0) is 137 Å². The molecule has 0 unspecified atom stereocenters. The molecule has 0 bridgehead atoms. The molecule has 0 N–H and O–H groups in total. The topological polar surface area (TPSA) is 105 Å². The van der Waals surface area contributed by atoms with E-state index in [9.17, 15) is 0 Å². The summed E-state index contributed by atoms with van der Waals surface area (Å²) in [6.07, 6.45) is 15.9. The highest BCUT2D eigenvalue weighted by Gasteiger charge is 2.13. The molecule has 0 radical (unpaired) electrons. The molecule has 0 aliphatic heterocycles. The summed E-state index contributed by atoms with van der Waals surface area (Å²) in [5, 5.41) is 0. The molecular formula is C45H59ClN4O4. The minimum absolute atomic E-state index is 0.999. The van der Waals surface area contributed by atoms with Crippen LogP contribution in [0, 0.1) is 10.2 Å². The van der Waals surface area contributed by atoms with Gasteiger partial charge in [-0.15, -0.1) is 10.2 Å². The molecule has 0 fully saturated rings. The number of halogens is 1. The van der Waals surface area contributed by atoms with Crippen LogP contribution in [0.4, 0.5) is 17.1 Å². The Kier molecular flexibility index (Phi) is 18.0. The summed E-state index contributed by atoms with van der Waals surface area (Å²) in [7, 11) is -4.94. The van der Waals surface area contributed by atoms with E-state index in [0.29, 0.717) is 0 Å². The third kappa shape index (κ3) is 12.9. The Labute approximate surface area is 326 Å². The highest BCUT2D eigenvalue weighted by atomic mass is 35.7. The number of hydrogen-bond acceptors (Lipinski definition) is 7. The molecule has 3 aromatic rings. The summed E-state index contributed by atoms with van der Waals surface area (Å²) < 4.78 is 36.4. The Morgan fingerprint density at radius 2 is 0.852 bits per heavy atom. The molecule has 9 heteroatoms. The maximum absolute atomic E-state index is 8.49. The van der Waals surface area contributed by atoms with Crippen molar-refractivity contribution in [3.8, 4) is 0 Å². The maximum Gasteiger partial charge on any atom is 0.199 e. The molecule has 54 heavy (non-hydrogen) atoms. The molecule has 0 spiro atoms. The van der Waals surface area contributed by atoms with Crippen LogP contribution >= 0.6 is 0 Å². The quantitative estimate of drug-likeness (QED) is 0.140. The second-order valence-electron chi connectivity index (χ2n) is 12.6. The van der Waals surface area contributed by atoms with Crippen LogP contribution in [0.2, 0.25) is 0 Å². The number of anilines is 3. The Bertz CT molecular complexity index is 1690. The van der Waals surface area contributed by atoms with Gasteiger partial charge in [0.2, 0.25) is 0 Å².